The molecule has 5 heteroatoms. The van der Waals surface area contributed by atoms with Crippen LogP contribution in [0.3, 0.4) is 0 Å². The van der Waals surface area contributed by atoms with Crippen LogP contribution in [0, 0.1) is 6.07 Å². The monoisotopic (exact) mass is 206 g/mol. The second-order valence-electron chi connectivity index (χ2n) is 3.39. The highest BCUT2D eigenvalue weighted by Crippen LogP contribution is 2.11. The van der Waals surface area contributed by atoms with Crippen LogP contribution in [-0.2, 0) is 4.74 Å². The summed E-state index contributed by atoms with van der Waals surface area (Å²) in [6.45, 7) is 1.44. The van der Waals surface area contributed by atoms with Gasteiger partial charge in [0.05, 0.1) is 12.6 Å². The molecule has 15 heavy (non-hydrogen) atoms. The predicted molar refractivity (Wildman–Crippen MR) is 54.4 cm³/mol. The summed E-state index contributed by atoms with van der Waals surface area (Å²) in [5.41, 5.74) is 5.26. The first-order valence-corrected chi connectivity index (χ1v) is 4.78. The molecule has 1 saturated heterocycles. The minimum absolute atomic E-state index is 0.152. The lowest BCUT2D eigenvalue weighted by Crippen LogP contribution is -2.21. The van der Waals surface area contributed by atoms with E-state index in [1.54, 1.807) is 12.1 Å². The minimum atomic E-state index is -0.568. The van der Waals surface area contributed by atoms with Crippen molar-refractivity contribution in [2.45, 2.75) is 12.5 Å². The Kier molecular flexibility index (Phi) is 2.82. The van der Waals surface area contributed by atoms with Crippen LogP contribution in [0.4, 0.5) is 5.82 Å². The zero-order valence-corrected chi connectivity index (χ0v) is 8.19. The van der Waals surface area contributed by atoms with Gasteiger partial charge in [0, 0.05) is 12.7 Å². The van der Waals surface area contributed by atoms with Crippen molar-refractivity contribution in [1.29, 1.82) is 0 Å². The molecule has 1 aliphatic rings. The number of nitrogens with two attached hydrogens (primary N) is 1. The molecule has 1 radical (unpaired) electrons. The number of amides is 1. The fraction of sp³-hybridized carbons (Fsp3) is 0.400. The Balaban J connectivity index is 2.07. The van der Waals surface area contributed by atoms with Crippen LogP contribution in [0.15, 0.2) is 12.1 Å². The first-order valence-electron chi connectivity index (χ1n) is 4.78. The first-order chi connectivity index (χ1) is 7.25. The number of primary amides is 1. The molecule has 2 rings (SSSR count). The molecular formula is C10H12N3O2. The van der Waals surface area contributed by atoms with Crippen molar-refractivity contribution in [3.63, 3.8) is 0 Å². The summed E-state index contributed by atoms with van der Waals surface area (Å²) in [6.07, 6.45) is 0.951. The second kappa shape index (κ2) is 4.27. The summed E-state index contributed by atoms with van der Waals surface area (Å²) in [7, 11) is 0. The average Bonchev–Trinajstić information content (AvgIpc) is 2.71. The van der Waals surface area contributed by atoms with Crippen LogP contribution in [0.5, 0.6) is 0 Å². The molecule has 5 nitrogen and oxygen atoms in total. The van der Waals surface area contributed by atoms with Crippen molar-refractivity contribution in [1.82, 2.24) is 4.98 Å². The number of carbonyl (C=O) groups excluding carboxylic acids is 1. The lowest BCUT2D eigenvalue weighted by Gasteiger charge is -2.11. The second-order valence-corrected chi connectivity index (χ2v) is 3.39. The quantitative estimate of drug-likeness (QED) is 0.739. The van der Waals surface area contributed by atoms with E-state index in [-0.39, 0.29) is 11.7 Å². The zero-order valence-electron chi connectivity index (χ0n) is 8.19. The van der Waals surface area contributed by atoms with Gasteiger partial charge in [-0.3, -0.25) is 4.79 Å². The first kappa shape index (κ1) is 9.92. The SMILES string of the molecule is NC(=O)c1[c]ccc(N[C@H]2CCOC2)n1. The van der Waals surface area contributed by atoms with Crippen LogP contribution < -0.4 is 11.1 Å². The third-order valence-corrected chi connectivity index (χ3v) is 2.21. The van der Waals surface area contributed by atoms with E-state index in [1.807, 2.05) is 0 Å². The number of ether oxygens (including phenoxy) is 1. The van der Waals surface area contributed by atoms with Crippen molar-refractivity contribution in [2.24, 2.45) is 5.73 Å². The van der Waals surface area contributed by atoms with Gasteiger partial charge in [0.15, 0.2) is 0 Å². The van der Waals surface area contributed by atoms with Gasteiger partial charge in [0.25, 0.3) is 5.91 Å². The fourth-order valence-corrected chi connectivity index (χ4v) is 1.45. The maximum absolute atomic E-state index is 10.9. The van der Waals surface area contributed by atoms with Crippen molar-refractivity contribution >= 4 is 11.7 Å². The number of nitrogens with one attached hydrogen (secondary N) is 1. The van der Waals surface area contributed by atoms with Crippen LogP contribution in [0.25, 0.3) is 0 Å². The molecule has 0 bridgehead atoms. The molecule has 3 N–H and O–H groups in total. The van der Waals surface area contributed by atoms with Gasteiger partial charge in [-0.15, -0.1) is 0 Å². The normalized spacial score (nSPS) is 20.1. The fourth-order valence-electron chi connectivity index (χ4n) is 1.45. The number of pyridine rings is 1. The van der Waals surface area contributed by atoms with E-state index in [9.17, 15) is 4.79 Å². The van der Waals surface area contributed by atoms with Crippen LogP contribution in [-0.4, -0.2) is 30.1 Å². The third kappa shape index (κ3) is 2.44. The number of carbonyl (C=O) groups is 1. The molecular weight excluding hydrogens is 194 g/mol. The lowest BCUT2D eigenvalue weighted by atomic mass is 10.2. The number of aromatic nitrogens is 1. The van der Waals surface area contributed by atoms with Crippen LogP contribution in [0.2, 0.25) is 0 Å². The van der Waals surface area contributed by atoms with E-state index >= 15 is 0 Å². The summed E-state index contributed by atoms with van der Waals surface area (Å²) in [6, 6.07) is 6.33. The average molecular weight is 206 g/mol. The van der Waals surface area contributed by atoms with Crippen molar-refractivity contribution in [3.05, 3.63) is 23.9 Å². The van der Waals surface area contributed by atoms with Gasteiger partial charge in [-0.25, -0.2) is 4.98 Å². The van der Waals surface area contributed by atoms with Crippen molar-refractivity contribution < 1.29 is 9.53 Å². The summed E-state index contributed by atoms with van der Waals surface area (Å²) in [5, 5.41) is 3.17. The Bertz CT molecular complexity index is 361. The van der Waals surface area contributed by atoms with Gasteiger partial charge < -0.3 is 15.8 Å². The Morgan fingerprint density at radius 1 is 1.73 bits per heavy atom. The number of rotatable bonds is 3. The predicted octanol–water partition coefficient (Wildman–Crippen LogP) is 0.181. The van der Waals surface area contributed by atoms with E-state index in [1.165, 1.54) is 0 Å². The third-order valence-electron chi connectivity index (χ3n) is 2.21. The van der Waals surface area contributed by atoms with Crippen molar-refractivity contribution in [3.8, 4) is 0 Å². The van der Waals surface area contributed by atoms with Crippen LogP contribution in [0.1, 0.15) is 16.9 Å². The molecule has 1 fully saturated rings. The van der Waals surface area contributed by atoms with E-state index in [4.69, 9.17) is 10.5 Å². The molecule has 0 aromatic carbocycles. The Hall–Kier alpha value is -1.62. The Morgan fingerprint density at radius 3 is 3.27 bits per heavy atom. The van der Waals surface area contributed by atoms with Gasteiger partial charge in [0.1, 0.15) is 11.5 Å². The van der Waals surface area contributed by atoms with Crippen molar-refractivity contribution in [2.75, 3.05) is 18.5 Å². The number of nitrogens with zero attached hydrogens (tertiary/aromatic N) is 1. The van der Waals surface area contributed by atoms with Gasteiger partial charge in [0.2, 0.25) is 0 Å². The summed E-state index contributed by atoms with van der Waals surface area (Å²) >= 11 is 0. The van der Waals surface area contributed by atoms with Gasteiger partial charge in [-0.05, 0) is 18.6 Å². The molecule has 0 saturated carbocycles. The molecule has 1 aliphatic heterocycles. The zero-order chi connectivity index (χ0) is 10.7. The number of hydrogen-bond donors (Lipinski definition) is 2. The van der Waals surface area contributed by atoms with Gasteiger partial charge in [-0.1, -0.05) is 0 Å². The molecule has 2 heterocycles. The molecule has 79 valence electrons. The highest BCUT2D eigenvalue weighted by Gasteiger charge is 2.15. The molecule has 0 unspecified atom stereocenters. The molecule has 1 atom stereocenters. The highest BCUT2D eigenvalue weighted by molar-refractivity contribution is 5.90. The largest absolute Gasteiger partial charge is 0.379 e. The number of hydrogen-bond acceptors (Lipinski definition) is 4. The van der Waals surface area contributed by atoms with E-state index in [0.29, 0.717) is 12.4 Å². The van der Waals surface area contributed by atoms with E-state index < -0.39 is 5.91 Å². The topological polar surface area (TPSA) is 77.2 Å². The Morgan fingerprint density at radius 2 is 2.60 bits per heavy atom. The van der Waals surface area contributed by atoms with E-state index in [2.05, 4.69) is 16.4 Å². The van der Waals surface area contributed by atoms with Crippen LogP contribution >= 0.6 is 0 Å². The number of anilines is 1. The summed E-state index contributed by atoms with van der Waals surface area (Å²) in [5.74, 6) is 0.0689. The molecule has 1 amide bonds. The minimum Gasteiger partial charge on any atom is -0.379 e. The molecule has 0 spiro atoms. The van der Waals surface area contributed by atoms with Gasteiger partial charge >= 0.3 is 0 Å². The smallest absolute Gasteiger partial charge is 0.268 e. The molecule has 1 aromatic rings. The standard InChI is InChI=1S/C10H12N3O2/c11-10(14)8-2-1-3-9(13-8)12-7-4-5-15-6-7/h1,3,7H,4-6H2,(H2,11,14)(H,12,13)/t7-/m0/s1. The van der Waals surface area contributed by atoms with Gasteiger partial charge in [-0.2, -0.15) is 0 Å². The molecule has 1 aromatic heterocycles. The maximum atomic E-state index is 10.9. The summed E-state index contributed by atoms with van der Waals surface area (Å²) in [4.78, 5) is 14.9. The Labute approximate surface area is 87.6 Å². The summed E-state index contributed by atoms with van der Waals surface area (Å²) < 4.78 is 5.22. The maximum Gasteiger partial charge on any atom is 0.268 e. The highest BCUT2D eigenvalue weighted by atomic mass is 16.5. The lowest BCUT2D eigenvalue weighted by molar-refractivity contribution is 0.0995. The molecule has 0 aliphatic carbocycles. The van der Waals surface area contributed by atoms with E-state index in [0.717, 1.165) is 13.0 Å².